The molecule has 1 heterocycles. The van der Waals surface area contributed by atoms with E-state index in [0.29, 0.717) is 5.56 Å². The maximum Gasteiger partial charge on any atom is 0.194 e. The molecule has 0 aliphatic carbocycles. The van der Waals surface area contributed by atoms with Crippen LogP contribution in [0.4, 0.5) is 0 Å². The molecular weight excluding hydrogens is 208 g/mol. The number of carbonyl (C=O) groups excluding carboxylic acids is 1. The second-order valence-electron chi connectivity index (χ2n) is 4.23. The normalized spacial score (nSPS) is 23.2. The molecule has 1 atom stereocenters. The van der Waals surface area contributed by atoms with E-state index in [1.807, 2.05) is 0 Å². The molecule has 0 amide bonds. The van der Waals surface area contributed by atoms with Crippen LogP contribution in [-0.4, -0.2) is 29.4 Å². The lowest BCUT2D eigenvalue weighted by Gasteiger charge is -2.16. The number of aromatic hydroxyl groups is 1. The maximum absolute atomic E-state index is 12.0. The Morgan fingerprint density at radius 3 is 2.50 bits per heavy atom. The van der Waals surface area contributed by atoms with Gasteiger partial charge in [-0.05, 0) is 38.1 Å². The van der Waals surface area contributed by atoms with Crippen LogP contribution in [0.2, 0.25) is 0 Å². The molecule has 16 heavy (non-hydrogen) atoms. The minimum atomic E-state index is -0.697. The summed E-state index contributed by atoms with van der Waals surface area (Å²) in [6.07, 6.45) is -0.556. The van der Waals surface area contributed by atoms with Crippen LogP contribution in [0.3, 0.4) is 0 Å². The van der Waals surface area contributed by atoms with E-state index in [2.05, 4.69) is 0 Å². The second kappa shape index (κ2) is 3.88. The Kier molecular flexibility index (Phi) is 2.69. The van der Waals surface area contributed by atoms with Gasteiger partial charge in [-0.15, -0.1) is 0 Å². The summed E-state index contributed by atoms with van der Waals surface area (Å²) in [5.74, 6) is -0.678. The molecule has 1 aliphatic heterocycles. The Labute approximate surface area is 93.8 Å². The second-order valence-corrected chi connectivity index (χ2v) is 4.23. The molecule has 4 heteroatoms. The number of phenolic OH excluding ortho intramolecular Hbond substituents is 1. The summed E-state index contributed by atoms with van der Waals surface area (Å²) < 4.78 is 10.8. The van der Waals surface area contributed by atoms with Gasteiger partial charge < -0.3 is 14.6 Å². The first-order chi connectivity index (χ1) is 7.48. The third-order valence-corrected chi connectivity index (χ3v) is 2.45. The average molecular weight is 222 g/mol. The first-order valence-electron chi connectivity index (χ1n) is 5.13. The lowest BCUT2D eigenvalue weighted by atomic mass is 10.1. The molecule has 2 rings (SSSR count). The summed E-state index contributed by atoms with van der Waals surface area (Å²) in [6, 6.07) is 6.11. The zero-order valence-electron chi connectivity index (χ0n) is 9.27. The zero-order valence-corrected chi connectivity index (χ0v) is 9.27. The molecule has 0 saturated carbocycles. The number of carbonyl (C=O) groups is 1. The number of phenols is 1. The Morgan fingerprint density at radius 2 is 2.00 bits per heavy atom. The van der Waals surface area contributed by atoms with Gasteiger partial charge in [0.25, 0.3) is 0 Å². The van der Waals surface area contributed by atoms with Gasteiger partial charge in [-0.25, -0.2) is 0 Å². The molecule has 1 aromatic rings. The van der Waals surface area contributed by atoms with Crippen LogP contribution in [0.15, 0.2) is 24.3 Å². The van der Waals surface area contributed by atoms with E-state index in [-0.39, 0.29) is 18.1 Å². The molecule has 86 valence electrons. The van der Waals surface area contributed by atoms with Gasteiger partial charge >= 0.3 is 0 Å². The fourth-order valence-corrected chi connectivity index (χ4v) is 1.63. The quantitative estimate of drug-likeness (QED) is 0.774. The van der Waals surface area contributed by atoms with Gasteiger partial charge in [0, 0.05) is 5.56 Å². The molecule has 0 spiro atoms. The minimum Gasteiger partial charge on any atom is -0.508 e. The van der Waals surface area contributed by atoms with E-state index in [1.54, 1.807) is 26.0 Å². The molecule has 1 N–H and O–H groups in total. The molecule has 1 aromatic carbocycles. The van der Waals surface area contributed by atoms with Crippen LogP contribution >= 0.6 is 0 Å². The van der Waals surface area contributed by atoms with Crippen LogP contribution < -0.4 is 0 Å². The maximum atomic E-state index is 12.0. The molecule has 4 nitrogen and oxygen atoms in total. The van der Waals surface area contributed by atoms with Gasteiger partial charge in [0.15, 0.2) is 11.6 Å². The van der Waals surface area contributed by atoms with Crippen LogP contribution in [0.5, 0.6) is 5.75 Å². The lowest BCUT2D eigenvalue weighted by molar-refractivity contribution is -0.133. The van der Waals surface area contributed by atoms with Crippen molar-refractivity contribution in [1.29, 1.82) is 0 Å². The first-order valence-corrected chi connectivity index (χ1v) is 5.13. The van der Waals surface area contributed by atoms with Gasteiger partial charge in [0.2, 0.25) is 0 Å². The van der Waals surface area contributed by atoms with Gasteiger partial charge in [-0.3, -0.25) is 4.79 Å². The lowest BCUT2D eigenvalue weighted by Crippen LogP contribution is -2.26. The number of hydrogen-bond donors (Lipinski definition) is 1. The number of ketones is 1. The topological polar surface area (TPSA) is 55.8 Å². The summed E-state index contributed by atoms with van der Waals surface area (Å²) in [4.78, 5) is 12.0. The Morgan fingerprint density at radius 1 is 1.38 bits per heavy atom. The summed E-state index contributed by atoms with van der Waals surface area (Å²) in [5.41, 5.74) is 0.518. The Hall–Kier alpha value is -1.39. The smallest absolute Gasteiger partial charge is 0.194 e. The predicted molar refractivity (Wildman–Crippen MR) is 57.3 cm³/mol. The number of benzene rings is 1. The number of ether oxygens (including phenoxy) is 2. The van der Waals surface area contributed by atoms with Crippen molar-refractivity contribution >= 4 is 5.78 Å². The largest absolute Gasteiger partial charge is 0.508 e. The fraction of sp³-hybridized carbons (Fsp3) is 0.417. The molecule has 0 unspecified atom stereocenters. The van der Waals surface area contributed by atoms with Crippen molar-refractivity contribution < 1.29 is 19.4 Å². The molecule has 1 aliphatic rings. The van der Waals surface area contributed by atoms with Crippen molar-refractivity contribution in [3.63, 3.8) is 0 Å². The minimum absolute atomic E-state index is 0.120. The molecule has 0 aromatic heterocycles. The molecule has 0 bridgehead atoms. The van der Waals surface area contributed by atoms with Crippen LogP contribution in [0.1, 0.15) is 24.2 Å². The van der Waals surface area contributed by atoms with E-state index in [0.717, 1.165) is 0 Å². The highest BCUT2D eigenvalue weighted by Gasteiger charge is 2.37. The van der Waals surface area contributed by atoms with Crippen LogP contribution in [0.25, 0.3) is 0 Å². The van der Waals surface area contributed by atoms with E-state index >= 15 is 0 Å². The monoisotopic (exact) mass is 222 g/mol. The molecule has 1 fully saturated rings. The van der Waals surface area contributed by atoms with Crippen molar-refractivity contribution in [2.45, 2.75) is 25.7 Å². The van der Waals surface area contributed by atoms with Crippen molar-refractivity contribution in [2.75, 3.05) is 6.61 Å². The Balaban J connectivity index is 2.12. The average Bonchev–Trinajstić information content (AvgIpc) is 2.59. The number of Topliss-reactive ketones (excluding diaryl/α,β-unsaturated/α-hetero) is 1. The van der Waals surface area contributed by atoms with Gasteiger partial charge in [0.1, 0.15) is 11.9 Å². The van der Waals surface area contributed by atoms with Crippen LogP contribution in [-0.2, 0) is 9.47 Å². The zero-order chi connectivity index (χ0) is 11.8. The van der Waals surface area contributed by atoms with Crippen molar-refractivity contribution in [3.05, 3.63) is 29.8 Å². The summed E-state index contributed by atoms with van der Waals surface area (Å²) >= 11 is 0. The van der Waals surface area contributed by atoms with Gasteiger partial charge in [-0.2, -0.15) is 0 Å². The van der Waals surface area contributed by atoms with Crippen molar-refractivity contribution in [1.82, 2.24) is 0 Å². The van der Waals surface area contributed by atoms with E-state index < -0.39 is 11.9 Å². The number of rotatable bonds is 2. The molecular formula is C12H14O4. The SMILES string of the molecule is CC1(C)OC[C@@H](C(=O)c2ccc(O)cc2)O1. The van der Waals surface area contributed by atoms with E-state index in [9.17, 15) is 4.79 Å². The first kappa shape index (κ1) is 11.1. The third-order valence-electron chi connectivity index (χ3n) is 2.45. The fourth-order valence-electron chi connectivity index (χ4n) is 1.63. The van der Waals surface area contributed by atoms with E-state index in [1.165, 1.54) is 12.1 Å². The highest BCUT2D eigenvalue weighted by Crippen LogP contribution is 2.25. The van der Waals surface area contributed by atoms with Crippen molar-refractivity contribution in [2.24, 2.45) is 0 Å². The molecule has 0 radical (unpaired) electrons. The third kappa shape index (κ3) is 2.23. The highest BCUT2D eigenvalue weighted by atomic mass is 16.7. The van der Waals surface area contributed by atoms with Gasteiger partial charge in [0.05, 0.1) is 6.61 Å². The van der Waals surface area contributed by atoms with E-state index in [4.69, 9.17) is 14.6 Å². The standard InChI is InChI=1S/C12H14O4/c1-12(2)15-7-10(16-12)11(14)8-3-5-9(13)6-4-8/h3-6,10,13H,7H2,1-2H3/t10-/m0/s1. The molecule has 1 saturated heterocycles. The van der Waals surface area contributed by atoms with Crippen molar-refractivity contribution in [3.8, 4) is 5.75 Å². The summed E-state index contributed by atoms with van der Waals surface area (Å²) in [5, 5.41) is 9.12. The Bertz CT molecular complexity index is 394. The summed E-state index contributed by atoms with van der Waals surface area (Å²) in [6.45, 7) is 3.82. The van der Waals surface area contributed by atoms with Gasteiger partial charge in [-0.1, -0.05) is 0 Å². The van der Waals surface area contributed by atoms with Crippen LogP contribution in [0, 0.1) is 0 Å². The number of hydrogen-bond acceptors (Lipinski definition) is 4. The summed E-state index contributed by atoms with van der Waals surface area (Å²) in [7, 11) is 0. The highest BCUT2D eigenvalue weighted by molar-refractivity contribution is 5.99. The predicted octanol–water partition coefficient (Wildman–Crippen LogP) is 1.73.